The molecule has 0 saturated heterocycles. The topological polar surface area (TPSA) is 36.3 Å². The van der Waals surface area contributed by atoms with Crippen LogP contribution < -0.4 is 0 Å². The molecule has 0 radical (unpaired) electrons. The molecule has 0 aromatic rings. The summed E-state index contributed by atoms with van der Waals surface area (Å²) in [4.78, 5) is 2.27. The number of rotatable bonds is 8. The highest BCUT2D eigenvalue weighted by Gasteiger charge is 2.19. The van der Waals surface area contributed by atoms with Crippen LogP contribution in [0.2, 0.25) is 0 Å². The van der Waals surface area contributed by atoms with Gasteiger partial charge in [0.2, 0.25) is 0 Å². The minimum absolute atomic E-state index is 0.187. The summed E-state index contributed by atoms with van der Waals surface area (Å²) in [5, 5.41) is 8.57. The first-order valence-corrected chi connectivity index (χ1v) is 5.88. The third-order valence-corrected chi connectivity index (χ3v) is 3.09. The van der Waals surface area contributed by atoms with Gasteiger partial charge < -0.3 is 4.74 Å². The Balaban J connectivity index is 4.05. The van der Waals surface area contributed by atoms with Crippen molar-refractivity contribution in [3.63, 3.8) is 0 Å². The maximum Gasteiger partial charge on any atom is 0.0635 e. The zero-order valence-electron chi connectivity index (χ0n) is 9.99. The number of ether oxygens (including phenoxy) is 1. The van der Waals surface area contributed by atoms with E-state index < -0.39 is 0 Å². The van der Waals surface area contributed by atoms with Crippen molar-refractivity contribution in [3.05, 3.63) is 0 Å². The molecule has 0 aromatic heterocycles. The van der Waals surface area contributed by atoms with Crippen molar-refractivity contribution >= 4 is 12.6 Å². The molecule has 0 fully saturated rings. The summed E-state index contributed by atoms with van der Waals surface area (Å²) < 4.78 is 5.06. The van der Waals surface area contributed by atoms with Crippen molar-refractivity contribution < 1.29 is 4.74 Å². The minimum Gasteiger partial charge on any atom is -0.383 e. The first kappa shape index (κ1) is 14.8. The Hall–Kier alpha value is -0.240. The Morgan fingerprint density at radius 1 is 1.40 bits per heavy atom. The van der Waals surface area contributed by atoms with Gasteiger partial charge >= 0.3 is 0 Å². The number of nitriles is 1. The molecule has 0 amide bonds. The lowest BCUT2D eigenvalue weighted by Gasteiger charge is -2.31. The van der Waals surface area contributed by atoms with Gasteiger partial charge in [0, 0.05) is 33.2 Å². The van der Waals surface area contributed by atoms with Crippen molar-refractivity contribution in [2.24, 2.45) is 5.41 Å². The number of thiol groups is 1. The van der Waals surface area contributed by atoms with E-state index in [2.05, 4.69) is 37.4 Å². The molecule has 0 N–H and O–H groups in total. The van der Waals surface area contributed by atoms with Crippen molar-refractivity contribution in [1.82, 2.24) is 4.90 Å². The Labute approximate surface area is 98.8 Å². The van der Waals surface area contributed by atoms with E-state index in [1.54, 1.807) is 7.11 Å². The summed E-state index contributed by atoms with van der Waals surface area (Å²) in [7, 11) is 1.70. The lowest BCUT2D eigenvalue weighted by molar-refractivity contribution is 0.126. The van der Waals surface area contributed by atoms with Crippen LogP contribution in [0.4, 0.5) is 0 Å². The molecule has 0 bridgehead atoms. The van der Waals surface area contributed by atoms with Gasteiger partial charge in [0.25, 0.3) is 0 Å². The molecule has 88 valence electrons. The largest absolute Gasteiger partial charge is 0.383 e. The molecule has 0 atom stereocenters. The van der Waals surface area contributed by atoms with Crippen LogP contribution in [0.1, 0.15) is 20.3 Å². The van der Waals surface area contributed by atoms with E-state index in [-0.39, 0.29) is 5.41 Å². The molecule has 0 aromatic carbocycles. The molecule has 4 heteroatoms. The SMILES string of the molecule is COCCN(CCC#N)CC(C)(C)CS. The monoisotopic (exact) mass is 230 g/mol. The lowest BCUT2D eigenvalue weighted by Crippen LogP contribution is -2.38. The van der Waals surface area contributed by atoms with Crippen LogP contribution in [0.15, 0.2) is 0 Å². The maximum absolute atomic E-state index is 8.57. The summed E-state index contributed by atoms with van der Waals surface area (Å²) >= 11 is 4.33. The molecular weight excluding hydrogens is 208 g/mol. The van der Waals surface area contributed by atoms with E-state index in [0.717, 1.165) is 25.4 Å². The van der Waals surface area contributed by atoms with Crippen LogP contribution in [-0.4, -0.2) is 44.0 Å². The summed E-state index contributed by atoms with van der Waals surface area (Å²) in [6.45, 7) is 7.75. The maximum atomic E-state index is 8.57. The molecule has 0 spiro atoms. The Bertz CT molecular complexity index is 201. The van der Waals surface area contributed by atoms with Gasteiger partial charge in [-0.1, -0.05) is 13.8 Å². The summed E-state index contributed by atoms with van der Waals surface area (Å²) in [5.74, 6) is 0.850. The predicted molar refractivity (Wildman–Crippen MR) is 66.2 cm³/mol. The minimum atomic E-state index is 0.187. The molecule has 0 saturated carbocycles. The van der Waals surface area contributed by atoms with Crippen molar-refractivity contribution in [1.29, 1.82) is 5.26 Å². The molecule has 3 nitrogen and oxygen atoms in total. The first-order chi connectivity index (χ1) is 7.05. The average molecular weight is 230 g/mol. The highest BCUT2D eigenvalue weighted by molar-refractivity contribution is 7.80. The second-order valence-electron chi connectivity index (χ2n) is 4.50. The Kier molecular flexibility index (Phi) is 7.85. The Morgan fingerprint density at radius 2 is 2.07 bits per heavy atom. The van der Waals surface area contributed by atoms with Gasteiger partial charge in [-0.15, -0.1) is 0 Å². The van der Waals surface area contributed by atoms with Gasteiger partial charge in [-0.3, -0.25) is 4.90 Å². The van der Waals surface area contributed by atoms with Crippen molar-refractivity contribution in [3.8, 4) is 6.07 Å². The lowest BCUT2D eigenvalue weighted by atomic mass is 9.95. The fourth-order valence-electron chi connectivity index (χ4n) is 1.35. The number of hydrogen-bond donors (Lipinski definition) is 1. The summed E-state index contributed by atoms with van der Waals surface area (Å²) in [6, 6.07) is 2.18. The highest BCUT2D eigenvalue weighted by Crippen LogP contribution is 2.18. The molecule has 0 aliphatic rings. The Morgan fingerprint density at radius 3 is 2.53 bits per heavy atom. The molecule has 15 heavy (non-hydrogen) atoms. The molecule has 0 rings (SSSR count). The van der Waals surface area contributed by atoms with E-state index in [4.69, 9.17) is 10.00 Å². The van der Waals surface area contributed by atoms with Gasteiger partial charge in [-0.05, 0) is 11.2 Å². The average Bonchev–Trinajstić information content (AvgIpc) is 2.22. The normalized spacial score (nSPS) is 11.7. The van der Waals surface area contributed by atoms with Crippen LogP contribution in [0, 0.1) is 16.7 Å². The van der Waals surface area contributed by atoms with Crippen LogP contribution in [0.3, 0.4) is 0 Å². The zero-order valence-corrected chi connectivity index (χ0v) is 10.9. The van der Waals surface area contributed by atoms with Gasteiger partial charge in [-0.25, -0.2) is 0 Å². The second kappa shape index (κ2) is 7.98. The number of methoxy groups -OCH3 is 1. The van der Waals surface area contributed by atoms with Gasteiger partial charge in [0.05, 0.1) is 12.7 Å². The fraction of sp³-hybridized carbons (Fsp3) is 0.909. The second-order valence-corrected chi connectivity index (χ2v) is 4.82. The molecule has 0 aliphatic carbocycles. The number of nitrogens with zero attached hydrogens (tertiary/aromatic N) is 2. The van der Waals surface area contributed by atoms with Crippen LogP contribution in [0.25, 0.3) is 0 Å². The van der Waals surface area contributed by atoms with Gasteiger partial charge in [-0.2, -0.15) is 17.9 Å². The number of hydrogen-bond acceptors (Lipinski definition) is 4. The summed E-state index contributed by atoms with van der Waals surface area (Å²) in [5.41, 5.74) is 0.187. The first-order valence-electron chi connectivity index (χ1n) is 5.25. The van der Waals surface area contributed by atoms with Crippen LogP contribution in [0.5, 0.6) is 0 Å². The summed E-state index contributed by atoms with van der Waals surface area (Å²) in [6.07, 6.45) is 0.576. The van der Waals surface area contributed by atoms with Crippen molar-refractivity contribution in [2.45, 2.75) is 20.3 Å². The van der Waals surface area contributed by atoms with E-state index in [0.29, 0.717) is 13.0 Å². The van der Waals surface area contributed by atoms with E-state index in [1.165, 1.54) is 0 Å². The zero-order chi connectivity index (χ0) is 11.7. The van der Waals surface area contributed by atoms with Crippen molar-refractivity contribution in [2.75, 3.05) is 39.1 Å². The smallest absolute Gasteiger partial charge is 0.0635 e. The predicted octanol–water partition coefficient (Wildman–Crippen LogP) is 1.80. The van der Waals surface area contributed by atoms with Crippen LogP contribution >= 0.6 is 12.6 Å². The van der Waals surface area contributed by atoms with Gasteiger partial charge in [0.15, 0.2) is 0 Å². The molecular formula is C11H22N2OS. The molecule has 0 unspecified atom stereocenters. The highest BCUT2D eigenvalue weighted by atomic mass is 32.1. The third kappa shape index (κ3) is 7.66. The van der Waals surface area contributed by atoms with E-state index >= 15 is 0 Å². The molecule has 0 aliphatic heterocycles. The van der Waals surface area contributed by atoms with Crippen LogP contribution in [-0.2, 0) is 4.74 Å². The van der Waals surface area contributed by atoms with Gasteiger partial charge in [0.1, 0.15) is 0 Å². The standard InChI is InChI=1S/C11H22N2OS/c1-11(2,10-15)9-13(6-4-5-12)7-8-14-3/h15H,4,6-10H2,1-3H3. The third-order valence-electron chi connectivity index (χ3n) is 2.23. The van der Waals surface area contributed by atoms with E-state index in [1.807, 2.05) is 0 Å². The quantitative estimate of drug-likeness (QED) is 0.646. The fourth-order valence-corrected chi connectivity index (χ4v) is 1.45. The van der Waals surface area contributed by atoms with E-state index in [9.17, 15) is 0 Å². The molecule has 0 heterocycles.